The number of aliphatic hydroxyl groups is 1. The first-order chi connectivity index (χ1) is 6.04. The highest BCUT2D eigenvalue weighted by molar-refractivity contribution is 5.80. The van der Waals surface area contributed by atoms with Gasteiger partial charge in [0.1, 0.15) is 5.54 Å². The van der Waals surface area contributed by atoms with Crippen LogP contribution in [0.15, 0.2) is 12.2 Å². The van der Waals surface area contributed by atoms with Crippen molar-refractivity contribution in [3.63, 3.8) is 0 Å². The Hall–Kier alpha value is -0.870. The van der Waals surface area contributed by atoms with Crippen LogP contribution in [0, 0.1) is 0 Å². The topological polar surface area (TPSA) is 72.5 Å². The molecule has 0 aliphatic carbocycles. The molecule has 76 valence electrons. The molecule has 0 heterocycles. The van der Waals surface area contributed by atoms with E-state index >= 15 is 0 Å². The zero-order chi connectivity index (χ0) is 10.3. The number of rotatable bonds is 5. The molecule has 4 nitrogen and oxygen atoms in total. The van der Waals surface area contributed by atoms with Gasteiger partial charge in [-0.05, 0) is 19.8 Å². The smallest absolute Gasteiger partial charge is 0.325 e. The van der Waals surface area contributed by atoms with Gasteiger partial charge in [-0.25, -0.2) is 0 Å². The molecular weight excluding hydrogens is 170 g/mol. The predicted octanol–water partition coefficient (Wildman–Crippen LogP) is 0.205. The van der Waals surface area contributed by atoms with Gasteiger partial charge < -0.3 is 15.6 Å². The van der Waals surface area contributed by atoms with Gasteiger partial charge in [0.05, 0.1) is 7.11 Å². The molecule has 0 bridgehead atoms. The number of esters is 1. The van der Waals surface area contributed by atoms with E-state index < -0.39 is 11.5 Å². The van der Waals surface area contributed by atoms with Crippen molar-refractivity contribution in [3.05, 3.63) is 12.2 Å². The summed E-state index contributed by atoms with van der Waals surface area (Å²) in [5, 5.41) is 8.48. The molecule has 0 saturated heterocycles. The summed E-state index contributed by atoms with van der Waals surface area (Å²) in [6, 6.07) is 0. The molecule has 1 unspecified atom stereocenters. The number of aliphatic hydroxyl groups excluding tert-OH is 1. The Kier molecular flexibility index (Phi) is 5.34. The maximum Gasteiger partial charge on any atom is 0.325 e. The molecule has 0 spiro atoms. The lowest BCUT2D eigenvalue weighted by molar-refractivity contribution is -0.146. The van der Waals surface area contributed by atoms with Crippen LogP contribution in [0.25, 0.3) is 0 Å². The fourth-order valence-electron chi connectivity index (χ4n) is 0.837. The SMILES string of the molecule is COC(=O)C(C)(N)C/C=C\CCO. The molecule has 4 heteroatoms. The number of hydrogen-bond acceptors (Lipinski definition) is 4. The van der Waals surface area contributed by atoms with Crippen LogP contribution in [-0.2, 0) is 9.53 Å². The Labute approximate surface area is 78.4 Å². The molecule has 0 radical (unpaired) electrons. The van der Waals surface area contributed by atoms with Gasteiger partial charge in [-0.15, -0.1) is 0 Å². The van der Waals surface area contributed by atoms with E-state index in [0.717, 1.165) is 0 Å². The predicted molar refractivity (Wildman–Crippen MR) is 50.1 cm³/mol. The molecular formula is C9H17NO3. The van der Waals surface area contributed by atoms with Crippen LogP contribution in [0.1, 0.15) is 19.8 Å². The highest BCUT2D eigenvalue weighted by Crippen LogP contribution is 2.08. The molecule has 0 aliphatic rings. The second-order valence-electron chi connectivity index (χ2n) is 3.10. The maximum atomic E-state index is 11.1. The van der Waals surface area contributed by atoms with Crippen molar-refractivity contribution in [2.24, 2.45) is 5.73 Å². The fraction of sp³-hybridized carbons (Fsp3) is 0.667. The van der Waals surface area contributed by atoms with Gasteiger partial charge in [0, 0.05) is 6.61 Å². The van der Waals surface area contributed by atoms with Gasteiger partial charge in [-0.3, -0.25) is 4.79 Å². The third-order valence-electron chi connectivity index (χ3n) is 1.66. The molecule has 0 saturated carbocycles. The van der Waals surface area contributed by atoms with Crippen molar-refractivity contribution in [3.8, 4) is 0 Å². The number of hydrogen-bond donors (Lipinski definition) is 2. The molecule has 0 aromatic carbocycles. The average molecular weight is 187 g/mol. The molecule has 0 amide bonds. The lowest BCUT2D eigenvalue weighted by Crippen LogP contribution is -2.45. The summed E-state index contributed by atoms with van der Waals surface area (Å²) in [5.74, 6) is -0.429. The molecule has 3 N–H and O–H groups in total. The summed E-state index contributed by atoms with van der Waals surface area (Å²) in [6.07, 6.45) is 4.55. The summed E-state index contributed by atoms with van der Waals surface area (Å²) >= 11 is 0. The largest absolute Gasteiger partial charge is 0.468 e. The molecule has 0 aliphatic heterocycles. The summed E-state index contributed by atoms with van der Waals surface area (Å²) in [4.78, 5) is 11.1. The van der Waals surface area contributed by atoms with E-state index in [0.29, 0.717) is 12.8 Å². The maximum absolute atomic E-state index is 11.1. The highest BCUT2D eigenvalue weighted by Gasteiger charge is 2.27. The molecule has 0 aromatic heterocycles. The second-order valence-corrected chi connectivity index (χ2v) is 3.10. The quantitative estimate of drug-likeness (QED) is 0.476. The minimum Gasteiger partial charge on any atom is -0.468 e. The first-order valence-electron chi connectivity index (χ1n) is 4.17. The third kappa shape index (κ3) is 4.65. The van der Waals surface area contributed by atoms with Gasteiger partial charge in [-0.1, -0.05) is 12.2 Å². The number of carbonyl (C=O) groups is 1. The van der Waals surface area contributed by atoms with Crippen LogP contribution in [-0.4, -0.2) is 30.3 Å². The molecule has 13 heavy (non-hydrogen) atoms. The number of ether oxygens (including phenoxy) is 1. The van der Waals surface area contributed by atoms with E-state index in [1.165, 1.54) is 7.11 Å². The van der Waals surface area contributed by atoms with Crippen molar-refractivity contribution >= 4 is 5.97 Å². The van der Waals surface area contributed by atoms with E-state index in [1.807, 2.05) is 0 Å². The summed E-state index contributed by atoms with van der Waals surface area (Å²) in [5.41, 5.74) is 4.69. The minimum atomic E-state index is -0.972. The van der Waals surface area contributed by atoms with Crippen LogP contribution in [0.3, 0.4) is 0 Å². The molecule has 1 atom stereocenters. The van der Waals surface area contributed by atoms with Gasteiger partial charge >= 0.3 is 5.97 Å². The van der Waals surface area contributed by atoms with E-state index in [1.54, 1.807) is 19.1 Å². The molecule has 0 rings (SSSR count). The lowest BCUT2D eigenvalue weighted by atomic mass is 9.99. The summed E-state index contributed by atoms with van der Waals surface area (Å²) in [6.45, 7) is 1.72. The van der Waals surface area contributed by atoms with E-state index in [9.17, 15) is 4.79 Å². The van der Waals surface area contributed by atoms with E-state index in [-0.39, 0.29) is 6.61 Å². The third-order valence-corrected chi connectivity index (χ3v) is 1.66. The number of nitrogens with two attached hydrogens (primary N) is 1. The standard InChI is InChI=1S/C9H17NO3/c1-9(10,8(12)13-2)6-4-3-5-7-11/h3-4,11H,5-7,10H2,1-2H3/b4-3-. The van der Waals surface area contributed by atoms with Gasteiger partial charge in [0.25, 0.3) is 0 Å². The summed E-state index contributed by atoms with van der Waals surface area (Å²) in [7, 11) is 1.31. The van der Waals surface area contributed by atoms with Crippen LogP contribution in [0.4, 0.5) is 0 Å². The molecule has 0 aromatic rings. The van der Waals surface area contributed by atoms with E-state index in [2.05, 4.69) is 4.74 Å². The highest BCUT2D eigenvalue weighted by atomic mass is 16.5. The first kappa shape index (κ1) is 12.1. The summed E-state index contributed by atoms with van der Waals surface area (Å²) < 4.78 is 4.52. The minimum absolute atomic E-state index is 0.107. The van der Waals surface area contributed by atoms with Crippen LogP contribution in [0.5, 0.6) is 0 Å². The average Bonchev–Trinajstić information content (AvgIpc) is 2.11. The first-order valence-corrected chi connectivity index (χ1v) is 4.17. The van der Waals surface area contributed by atoms with E-state index in [4.69, 9.17) is 10.8 Å². The van der Waals surface area contributed by atoms with Gasteiger partial charge in [0.2, 0.25) is 0 Å². The van der Waals surface area contributed by atoms with Gasteiger partial charge in [-0.2, -0.15) is 0 Å². The van der Waals surface area contributed by atoms with Crippen LogP contribution >= 0.6 is 0 Å². The van der Waals surface area contributed by atoms with Crippen molar-refractivity contribution in [2.45, 2.75) is 25.3 Å². The van der Waals surface area contributed by atoms with Crippen molar-refractivity contribution in [1.82, 2.24) is 0 Å². The zero-order valence-corrected chi connectivity index (χ0v) is 8.12. The molecule has 0 fully saturated rings. The van der Waals surface area contributed by atoms with Crippen molar-refractivity contribution in [1.29, 1.82) is 0 Å². The number of methoxy groups -OCH3 is 1. The Balaban J connectivity index is 3.95. The second kappa shape index (κ2) is 5.72. The number of carbonyl (C=O) groups excluding carboxylic acids is 1. The zero-order valence-electron chi connectivity index (χ0n) is 8.12. The normalized spacial score (nSPS) is 15.7. The Morgan fingerprint density at radius 2 is 2.23 bits per heavy atom. The Bertz CT molecular complexity index is 187. The fourth-order valence-corrected chi connectivity index (χ4v) is 0.837. The lowest BCUT2D eigenvalue weighted by Gasteiger charge is -2.18. The van der Waals surface area contributed by atoms with Gasteiger partial charge in [0.15, 0.2) is 0 Å². The monoisotopic (exact) mass is 187 g/mol. The van der Waals surface area contributed by atoms with Crippen LogP contribution < -0.4 is 5.73 Å². The Morgan fingerprint density at radius 1 is 1.62 bits per heavy atom. The van der Waals surface area contributed by atoms with Crippen molar-refractivity contribution < 1.29 is 14.6 Å². The van der Waals surface area contributed by atoms with Crippen molar-refractivity contribution in [2.75, 3.05) is 13.7 Å². The van der Waals surface area contributed by atoms with Crippen LogP contribution in [0.2, 0.25) is 0 Å². The Morgan fingerprint density at radius 3 is 2.69 bits per heavy atom.